The second kappa shape index (κ2) is 5.41. The molecule has 0 aromatic heterocycles. The lowest BCUT2D eigenvalue weighted by atomic mass is 9.94. The Morgan fingerprint density at radius 2 is 2.11 bits per heavy atom. The number of carbonyl (C=O) groups excluding carboxylic acids is 1. The first-order chi connectivity index (χ1) is 8.83. The lowest BCUT2D eigenvalue weighted by Gasteiger charge is -2.24. The Kier molecular flexibility index (Phi) is 3.66. The zero-order chi connectivity index (χ0) is 12.4. The van der Waals surface area contributed by atoms with Crippen molar-refractivity contribution in [1.82, 2.24) is 0 Å². The van der Waals surface area contributed by atoms with Crippen molar-refractivity contribution in [3.8, 4) is 0 Å². The summed E-state index contributed by atoms with van der Waals surface area (Å²) in [5, 5.41) is 0. The zero-order valence-electron chi connectivity index (χ0n) is 10.8. The Hall–Kier alpha value is -0.870. The van der Waals surface area contributed by atoms with E-state index in [1.54, 1.807) is 0 Å². The third-order valence-corrected chi connectivity index (χ3v) is 4.48. The second-order valence-electron chi connectivity index (χ2n) is 5.67. The van der Waals surface area contributed by atoms with E-state index in [1.165, 1.54) is 4.90 Å². The average Bonchev–Trinajstić information content (AvgIpc) is 3.02. The SMILES string of the molecule is O=C(OCC[NH+]1CCOCC1)C1CC2C=CC1C2. The van der Waals surface area contributed by atoms with Crippen LogP contribution < -0.4 is 4.90 Å². The van der Waals surface area contributed by atoms with Crippen molar-refractivity contribution in [1.29, 1.82) is 0 Å². The molecule has 100 valence electrons. The molecule has 1 saturated heterocycles. The van der Waals surface area contributed by atoms with Gasteiger partial charge in [0.15, 0.2) is 0 Å². The molecule has 1 N–H and O–H groups in total. The molecule has 1 heterocycles. The fourth-order valence-corrected chi connectivity index (χ4v) is 3.36. The van der Waals surface area contributed by atoms with E-state index in [2.05, 4.69) is 12.2 Å². The highest BCUT2D eigenvalue weighted by Gasteiger charge is 2.40. The topological polar surface area (TPSA) is 40.0 Å². The number of quaternary nitrogens is 1. The molecule has 4 heteroatoms. The summed E-state index contributed by atoms with van der Waals surface area (Å²) in [7, 11) is 0. The largest absolute Gasteiger partial charge is 0.459 e. The van der Waals surface area contributed by atoms with Crippen molar-refractivity contribution in [3.05, 3.63) is 12.2 Å². The van der Waals surface area contributed by atoms with Crippen LogP contribution in [0.4, 0.5) is 0 Å². The normalized spacial score (nSPS) is 35.0. The van der Waals surface area contributed by atoms with Gasteiger partial charge in [-0.1, -0.05) is 12.2 Å². The maximum Gasteiger partial charge on any atom is 0.309 e. The van der Waals surface area contributed by atoms with E-state index in [4.69, 9.17) is 9.47 Å². The molecule has 0 radical (unpaired) electrons. The second-order valence-corrected chi connectivity index (χ2v) is 5.67. The lowest BCUT2D eigenvalue weighted by Crippen LogP contribution is -3.14. The number of allylic oxidation sites excluding steroid dienone is 2. The van der Waals surface area contributed by atoms with Crippen molar-refractivity contribution in [2.45, 2.75) is 12.8 Å². The molecule has 3 rings (SSSR count). The minimum absolute atomic E-state index is 0.0273. The van der Waals surface area contributed by atoms with Crippen LogP contribution in [0.25, 0.3) is 0 Å². The number of hydrogen-bond donors (Lipinski definition) is 1. The summed E-state index contributed by atoms with van der Waals surface area (Å²) < 4.78 is 10.8. The highest BCUT2D eigenvalue weighted by molar-refractivity contribution is 5.74. The van der Waals surface area contributed by atoms with Crippen LogP contribution in [0.2, 0.25) is 0 Å². The molecule has 4 nitrogen and oxygen atoms in total. The van der Waals surface area contributed by atoms with Crippen LogP contribution in [0.5, 0.6) is 0 Å². The van der Waals surface area contributed by atoms with Gasteiger partial charge >= 0.3 is 5.97 Å². The maximum absolute atomic E-state index is 12.0. The lowest BCUT2D eigenvalue weighted by molar-refractivity contribution is -0.908. The maximum atomic E-state index is 12.0. The highest BCUT2D eigenvalue weighted by atomic mass is 16.5. The quantitative estimate of drug-likeness (QED) is 0.549. The smallest absolute Gasteiger partial charge is 0.309 e. The van der Waals surface area contributed by atoms with E-state index < -0.39 is 0 Å². The molecule has 18 heavy (non-hydrogen) atoms. The van der Waals surface area contributed by atoms with Gasteiger partial charge in [0.25, 0.3) is 0 Å². The molecule has 2 aliphatic carbocycles. The molecule has 0 aromatic rings. The highest BCUT2D eigenvalue weighted by Crippen LogP contribution is 2.43. The van der Waals surface area contributed by atoms with Gasteiger partial charge in [-0.3, -0.25) is 4.79 Å². The van der Waals surface area contributed by atoms with Gasteiger partial charge in [0.2, 0.25) is 0 Å². The van der Waals surface area contributed by atoms with E-state index in [-0.39, 0.29) is 11.9 Å². The molecule has 3 atom stereocenters. The molecule has 3 unspecified atom stereocenters. The summed E-state index contributed by atoms with van der Waals surface area (Å²) >= 11 is 0. The first kappa shape index (κ1) is 12.2. The molecular weight excluding hydrogens is 230 g/mol. The van der Waals surface area contributed by atoms with Crippen molar-refractivity contribution in [3.63, 3.8) is 0 Å². The van der Waals surface area contributed by atoms with E-state index >= 15 is 0 Å². The van der Waals surface area contributed by atoms with E-state index in [1.807, 2.05) is 0 Å². The van der Waals surface area contributed by atoms with Gasteiger partial charge in [0.05, 0.1) is 19.1 Å². The number of carbonyl (C=O) groups is 1. The molecule has 2 bridgehead atoms. The number of fused-ring (bicyclic) bond motifs is 2. The summed E-state index contributed by atoms with van der Waals surface area (Å²) in [6, 6.07) is 0. The van der Waals surface area contributed by atoms with Crippen LogP contribution in [-0.4, -0.2) is 45.4 Å². The first-order valence-corrected chi connectivity index (χ1v) is 7.09. The predicted octanol–water partition coefficient (Wildman–Crippen LogP) is -0.343. The summed E-state index contributed by atoms with van der Waals surface area (Å²) in [5.41, 5.74) is 0. The minimum Gasteiger partial charge on any atom is -0.459 e. The number of hydrogen-bond acceptors (Lipinski definition) is 3. The molecular formula is C14H22NO3+. The van der Waals surface area contributed by atoms with Crippen LogP contribution in [0.1, 0.15) is 12.8 Å². The van der Waals surface area contributed by atoms with Gasteiger partial charge in [0, 0.05) is 0 Å². The number of rotatable bonds is 4. The number of ether oxygens (including phenoxy) is 2. The van der Waals surface area contributed by atoms with Crippen molar-refractivity contribution >= 4 is 5.97 Å². The number of esters is 1. The molecule has 0 spiro atoms. The predicted molar refractivity (Wildman–Crippen MR) is 66.2 cm³/mol. The standard InChI is InChI=1S/C14H21NO3/c16-14(13-10-11-1-2-12(13)9-11)18-8-5-15-3-6-17-7-4-15/h1-2,11-13H,3-10H2/p+1. The van der Waals surface area contributed by atoms with Crippen LogP contribution in [0.3, 0.4) is 0 Å². The molecule has 2 fully saturated rings. The Balaban J connectivity index is 1.38. The Bertz CT molecular complexity index is 336. The zero-order valence-corrected chi connectivity index (χ0v) is 10.8. The minimum atomic E-state index is 0.0273. The van der Waals surface area contributed by atoms with Gasteiger partial charge in [-0.25, -0.2) is 0 Å². The van der Waals surface area contributed by atoms with Crippen molar-refractivity contribution in [2.24, 2.45) is 17.8 Å². The number of nitrogens with one attached hydrogen (secondary N) is 1. The van der Waals surface area contributed by atoms with Crippen LogP contribution in [-0.2, 0) is 14.3 Å². The monoisotopic (exact) mass is 252 g/mol. The summed E-state index contributed by atoms with van der Waals surface area (Å²) in [6.45, 7) is 5.22. The van der Waals surface area contributed by atoms with E-state index in [9.17, 15) is 4.79 Å². The molecule has 1 saturated carbocycles. The molecule has 3 aliphatic rings. The summed E-state index contributed by atoms with van der Waals surface area (Å²) in [4.78, 5) is 13.5. The third kappa shape index (κ3) is 2.59. The molecule has 0 amide bonds. The number of morpholine rings is 1. The van der Waals surface area contributed by atoms with Gasteiger partial charge in [-0.05, 0) is 24.7 Å². The Morgan fingerprint density at radius 3 is 2.78 bits per heavy atom. The third-order valence-electron chi connectivity index (χ3n) is 4.48. The first-order valence-electron chi connectivity index (χ1n) is 7.09. The summed E-state index contributed by atoms with van der Waals surface area (Å²) in [6.07, 6.45) is 6.62. The van der Waals surface area contributed by atoms with Crippen molar-refractivity contribution in [2.75, 3.05) is 39.5 Å². The van der Waals surface area contributed by atoms with E-state index in [0.29, 0.717) is 18.4 Å². The van der Waals surface area contributed by atoms with Gasteiger partial charge in [-0.2, -0.15) is 0 Å². The van der Waals surface area contributed by atoms with Crippen LogP contribution >= 0.6 is 0 Å². The molecule has 1 aliphatic heterocycles. The van der Waals surface area contributed by atoms with Crippen molar-refractivity contribution < 1.29 is 19.2 Å². The fraction of sp³-hybridized carbons (Fsp3) is 0.786. The van der Waals surface area contributed by atoms with Crippen LogP contribution in [0.15, 0.2) is 12.2 Å². The fourth-order valence-electron chi connectivity index (χ4n) is 3.36. The van der Waals surface area contributed by atoms with Gasteiger partial charge < -0.3 is 14.4 Å². The average molecular weight is 252 g/mol. The van der Waals surface area contributed by atoms with Crippen LogP contribution in [0, 0.1) is 17.8 Å². The molecule has 0 aromatic carbocycles. The van der Waals surface area contributed by atoms with E-state index in [0.717, 1.165) is 45.7 Å². The summed E-state index contributed by atoms with van der Waals surface area (Å²) in [5.74, 6) is 1.26. The van der Waals surface area contributed by atoms with Gasteiger partial charge in [0.1, 0.15) is 26.2 Å². The van der Waals surface area contributed by atoms with Gasteiger partial charge in [-0.15, -0.1) is 0 Å². The Labute approximate surface area is 108 Å². The Morgan fingerprint density at radius 1 is 1.28 bits per heavy atom.